The van der Waals surface area contributed by atoms with Crippen LogP contribution in [-0.2, 0) is 4.74 Å². The summed E-state index contributed by atoms with van der Waals surface area (Å²) in [5.74, 6) is 1.44. The summed E-state index contributed by atoms with van der Waals surface area (Å²) in [7, 11) is 0. The summed E-state index contributed by atoms with van der Waals surface area (Å²) in [6.07, 6.45) is 0. The molecule has 2 N–H and O–H groups in total. The second kappa shape index (κ2) is 13.6. The number of hydrogen-bond donors (Lipinski definition) is 2. The van der Waals surface area contributed by atoms with Gasteiger partial charge in [-0.05, 0) is 26.0 Å². The van der Waals surface area contributed by atoms with Crippen molar-refractivity contribution in [2.75, 3.05) is 51.7 Å². The fourth-order valence-corrected chi connectivity index (χ4v) is 3.40. The van der Waals surface area contributed by atoms with E-state index in [-0.39, 0.29) is 29.8 Å². The number of guanidine groups is 1. The Hall–Kier alpha value is -0.580. The van der Waals surface area contributed by atoms with Crippen LogP contribution >= 0.6 is 35.7 Å². The smallest absolute Gasteiger partial charge is 0.191 e. The average Bonchev–Trinajstić information content (AvgIpc) is 2.65. The van der Waals surface area contributed by atoms with Gasteiger partial charge in [-0.1, -0.05) is 12.1 Å². The van der Waals surface area contributed by atoms with E-state index in [0.717, 1.165) is 57.6 Å². The number of hydrogen-bond acceptors (Lipinski definition) is 4. The maximum Gasteiger partial charge on any atom is 0.191 e. The molecule has 1 fully saturated rings. The van der Waals surface area contributed by atoms with Crippen molar-refractivity contribution in [2.24, 2.45) is 4.99 Å². The lowest BCUT2D eigenvalue weighted by molar-refractivity contribution is 0.0220. The predicted molar refractivity (Wildman–Crippen MR) is 118 cm³/mol. The summed E-state index contributed by atoms with van der Waals surface area (Å²) >= 11 is 1.51. The molecule has 148 valence electrons. The largest absolute Gasteiger partial charge is 0.379 e. The minimum Gasteiger partial charge on any atom is -0.379 e. The summed E-state index contributed by atoms with van der Waals surface area (Å²) in [6, 6.07) is 7.27. The van der Waals surface area contributed by atoms with Crippen LogP contribution in [0.3, 0.4) is 0 Å². The van der Waals surface area contributed by atoms with Gasteiger partial charge in [-0.15, -0.1) is 35.7 Å². The van der Waals surface area contributed by atoms with Gasteiger partial charge in [-0.2, -0.15) is 0 Å². The van der Waals surface area contributed by atoms with Gasteiger partial charge in [0.15, 0.2) is 5.96 Å². The number of benzene rings is 1. The molecule has 0 aromatic heterocycles. The Bertz CT molecular complexity index is 544. The van der Waals surface area contributed by atoms with Gasteiger partial charge in [-0.25, -0.2) is 4.39 Å². The first-order valence-electron chi connectivity index (χ1n) is 8.92. The minimum absolute atomic E-state index is 0. The SMILES string of the molecule is CCNC(=NCC(C)N1CCOCC1)NCCSc1ccccc1F.I. The normalized spacial score (nSPS) is 16.7. The molecule has 1 heterocycles. The summed E-state index contributed by atoms with van der Waals surface area (Å²) in [6.45, 7) is 10.1. The number of aliphatic imine (C=N–C) groups is 1. The molecule has 1 aliphatic heterocycles. The van der Waals surface area contributed by atoms with Crippen LogP contribution < -0.4 is 10.6 Å². The van der Waals surface area contributed by atoms with Gasteiger partial charge < -0.3 is 15.4 Å². The highest BCUT2D eigenvalue weighted by Gasteiger charge is 2.16. The lowest BCUT2D eigenvalue weighted by Gasteiger charge is -2.31. The van der Waals surface area contributed by atoms with Gasteiger partial charge in [0.25, 0.3) is 0 Å². The summed E-state index contributed by atoms with van der Waals surface area (Å²) in [5.41, 5.74) is 0. The van der Waals surface area contributed by atoms with Crippen molar-refractivity contribution < 1.29 is 9.13 Å². The molecule has 26 heavy (non-hydrogen) atoms. The highest BCUT2D eigenvalue weighted by molar-refractivity contribution is 14.0. The van der Waals surface area contributed by atoms with Crippen molar-refractivity contribution in [3.8, 4) is 0 Å². The molecular formula is C18H30FIN4OS. The summed E-state index contributed by atoms with van der Waals surface area (Å²) in [5, 5.41) is 6.58. The molecule has 1 aromatic carbocycles. The molecule has 0 radical (unpaired) electrons. The average molecular weight is 496 g/mol. The first kappa shape index (κ1) is 23.5. The number of thioether (sulfide) groups is 1. The molecule has 0 amide bonds. The lowest BCUT2D eigenvalue weighted by atomic mass is 10.2. The molecule has 1 saturated heterocycles. The molecule has 1 aliphatic rings. The molecule has 1 unspecified atom stereocenters. The van der Waals surface area contributed by atoms with Crippen molar-refractivity contribution in [1.29, 1.82) is 0 Å². The fourth-order valence-electron chi connectivity index (χ4n) is 2.59. The molecule has 1 aromatic rings. The van der Waals surface area contributed by atoms with Crippen LogP contribution in [0.5, 0.6) is 0 Å². The van der Waals surface area contributed by atoms with E-state index >= 15 is 0 Å². The number of rotatable bonds is 8. The maximum absolute atomic E-state index is 13.6. The van der Waals surface area contributed by atoms with E-state index in [4.69, 9.17) is 4.74 Å². The molecule has 2 rings (SSSR count). The van der Waals surface area contributed by atoms with Crippen LogP contribution in [0.2, 0.25) is 0 Å². The van der Waals surface area contributed by atoms with E-state index < -0.39 is 0 Å². The molecule has 1 atom stereocenters. The van der Waals surface area contributed by atoms with Crippen molar-refractivity contribution in [3.63, 3.8) is 0 Å². The molecule has 0 aliphatic carbocycles. The third kappa shape index (κ3) is 8.41. The number of halogens is 2. The lowest BCUT2D eigenvalue weighted by Crippen LogP contribution is -2.44. The van der Waals surface area contributed by atoms with Crippen molar-refractivity contribution in [1.82, 2.24) is 15.5 Å². The minimum atomic E-state index is -0.160. The van der Waals surface area contributed by atoms with E-state index in [9.17, 15) is 4.39 Å². The monoisotopic (exact) mass is 496 g/mol. The topological polar surface area (TPSA) is 48.9 Å². The fraction of sp³-hybridized carbons (Fsp3) is 0.611. The second-order valence-electron chi connectivity index (χ2n) is 5.92. The third-order valence-corrected chi connectivity index (χ3v) is 5.07. The van der Waals surface area contributed by atoms with Crippen LogP contribution in [0.1, 0.15) is 13.8 Å². The standard InChI is InChI=1S/C18H29FN4OS.HI/c1-3-20-18(22-14-15(2)23-9-11-24-12-10-23)21-8-13-25-17-7-5-4-6-16(17)19;/h4-7,15H,3,8-14H2,1-2H3,(H2,20,21,22);1H. The first-order chi connectivity index (χ1) is 12.2. The Morgan fingerprint density at radius 3 is 2.73 bits per heavy atom. The highest BCUT2D eigenvalue weighted by atomic mass is 127. The van der Waals surface area contributed by atoms with Crippen LogP contribution in [0, 0.1) is 5.82 Å². The Kier molecular flexibility index (Phi) is 12.2. The second-order valence-corrected chi connectivity index (χ2v) is 7.06. The van der Waals surface area contributed by atoms with E-state index in [2.05, 4.69) is 34.4 Å². The Morgan fingerprint density at radius 1 is 1.31 bits per heavy atom. The van der Waals surface area contributed by atoms with Crippen LogP contribution in [0.4, 0.5) is 4.39 Å². The first-order valence-corrected chi connectivity index (χ1v) is 9.90. The summed E-state index contributed by atoms with van der Waals surface area (Å²) < 4.78 is 19.0. The van der Waals surface area contributed by atoms with Crippen molar-refractivity contribution in [2.45, 2.75) is 24.8 Å². The molecule has 0 spiro atoms. The van der Waals surface area contributed by atoms with E-state index in [0.29, 0.717) is 10.9 Å². The predicted octanol–water partition coefficient (Wildman–Crippen LogP) is 2.81. The Labute approximate surface area is 177 Å². The van der Waals surface area contributed by atoms with Gasteiger partial charge >= 0.3 is 0 Å². The van der Waals surface area contributed by atoms with Gasteiger partial charge in [0.2, 0.25) is 0 Å². The molecule has 0 bridgehead atoms. The van der Waals surface area contributed by atoms with Gasteiger partial charge in [0.05, 0.1) is 19.8 Å². The van der Waals surface area contributed by atoms with Crippen LogP contribution in [-0.4, -0.2) is 68.6 Å². The number of morpholine rings is 1. The highest BCUT2D eigenvalue weighted by Crippen LogP contribution is 2.20. The number of nitrogens with one attached hydrogen (secondary N) is 2. The van der Waals surface area contributed by atoms with Crippen molar-refractivity contribution in [3.05, 3.63) is 30.1 Å². The van der Waals surface area contributed by atoms with E-state index in [1.54, 1.807) is 6.07 Å². The Morgan fingerprint density at radius 2 is 2.04 bits per heavy atom. The van der Waals surface area contributed by atoms with Crippen LogP contribution in [0.15, 0.2) is 34.2 Å². The maximum atomic E-state index is 13.6. The molecule has 8 heteroatoms. The Balaban J connectivity index is 0.00000338. The number of nitrogens with zero attached hydrogens (tertiary/aromatic N) is 2. The zero-order chi connectivity index (χ0) is 17.9. The zero-order valence-corrected chi connectivity index (χ0v) is 18.7. The third-order valence-electron chi connectivity index (χ3n) is 4.02. The van der Waals surface area contributed by atoms with E-state index in [1.807, 2.05) is 12.1 Å². The quantitative estimate of drug-likeness (QED) is 0.191. The molecule has 0 saturated carbocycles. The number of ether oxygens (including phenoxy) is 1. The zero-order valence-electron chi connectivity index (χ0n) is 15.5. The van der Waals surface area contributed by atoms with Gasteiger partial charge in [0.1, 0.15) is 5.82 Å². The van der Waals surface area contributed by atoms with Gasteiger partial charge in [-0.3, -0.25) is 9.89 Å². The van der Waals surface area contributed by atoms with E-state index in [1.165, 1.54) is 17.8 Å². The van der Waals surface area contributed by atoms with Gasteiger partial charge in [0, 0.05) is 42.9 Å². The summed E-state index contributed by atoms with van der Waals surface area (Å²) in [4.78, 5) is 7.77. The molecular weight excluding hydrogens is 466 g/mol. The van der Waals surface area contributed by atoms with Crippen LogP contribution in [0.25, 0.3) is 0 Å². The molecule has 5 nitrogen and oxygen atoms in total. The van der Waals surface area contributed by atoms with Crippen molar-refractivity contribution >= 4 is 41.7 Å².